The highest BCUT2D eigenvalue weighted by atomic mass is 16.1. The second kappa shape index (κ2) is 6.41. The van der Waals surface area contributed by atoms with Crippen LogP contribution in [0.15, 0.2) is 72.0 Å². The van der Waals surface area contributed by atoms with Gasteiger partial charge >= 0.3 is 0 Å². The van der Waals surface area contributed by atoms with Crippen LogP contribution >= 0.6 is 0 Å². The molecule has 2 aromatic carbocycles. The lowest BCUT2D eigenvalue weighted by Crippen LogP contribution is -2.18. The number of aryl methyl sites for hydroxylation is 3. The minimum Gasteiger partial charge on any atom is -0.304 e. The van der Waals surface area contributed by atoms with Crippen molar-refractivity contribution in [2.24, 2.45) is 0 Å². The number of pyridine rings is 2. The number of rotatable bonds is 2. The Kier molecular flexibility index (Phi) is 3.84. The van der Waals surface area contributed by atoms with Crippen LogP contribution in [0.25, 0.3) is 33.2 Å². The van der Waals surface area contributed by atoms with Crippen LogP contribution in [0.1, 0.15) is 16.8 Å². The van der Waals surface area contributed by atoms with Gasteiger partial charge in [0.15, 0.2) is 0 Å². The summed E-state index contributed by atoms with van der Waals surface area (Å²) < 4.78 is 3.82. The molecule has 5 nitrogen and oxygen atoms in total. The van der Waals surface area contributed by atoms with E-state index in [0.29, 0.717) is 0 Å². The van der Waals surface area contributed by atoms with Crippen molar-refractivity contribution in [1.29, 1.82) is 0 Å². The van der Waals surface area contributed by atoms with Gasteiger partial charge in [0.05, 0.1) is 17.4 Å². The van der Waals surface area contributed by atoms with Crippen LogP contribution < -0.4 is 5.56 Å². The molecule has 5 aromatic rings. The Bertz CT molecular complexity index is 1460. The Morgan fingerprint density at radius 3 is 2.41 bits per heavy atom. The molecule has 0 radical (unpaired) electrons. The standard InChI is InChI=1S/C24H20N4O/c1-15-4-6-20(10-16(15)2)28-23(29)9-5-18-13-26-22-8-7-19(11-21(22)24(18)28)27-14-25-12-17(27)3/h4-14H,1-3H3. The SMILES string of the molecule is Cc1ccc(-n2c(=O)ccc3cnc4ccc(-n5cncc5C)cc4c32)cc1C. The van der Waals surface area contributed by atoms with Crippen LogP contribution in [0.5, 0.6) is 0 Å². The van der Waals surface area contributed by atoms with Gasteiger partial charge in [-0.1, -0.05) is 6.07 Å². The maximum atomic E-state index is 13.0. The van der Waals surface area contributed by atoms with E-state index >= 15 is 0 Å². The number of imidazole rings is 1. The van der Waals surface area contributed by atoms with Crippen molar-refractivity contribution in [3.63, 3.8) is 0 Å². The lowest BCUT2D eigenvalue weighted by atomic mass is 10.1. The van der Waals surface area contributed by atoms with E-state index in [1.165, 1.54) is 5.56 Å². The molecule has 0 aliphatic heterocycles. The first kappa shape index (κ1) is 17.4. The maximum absolute atomic E-state index is 13.0. The smallest absolute Gasteiger partial charge is 0.255 e. The van der Waals surface area contributed by atoms with Gasteiger partial charge in [0.1, 0.15) is 0 Å². The molecule has 0 fully saturated rings. The van der Waals surface area contributed by atoms with E-state index in [9.17, 15) is 4.79 Å². The monoisotopic (exact) mass is 380 g/mol. The van der Waals surface area contributed by atoms with Gasteiger partial charge in [-0.25, -0.2) is 4.98 Å². The minimum absolute atomic E-state index is 0.0579. The Morgan fingerprint density at radius 1 is 0.828 bits per heavy atom. The van der Waals surface area contributed by atoms with Gasteiger partial charge in [-0.2, -0.15) is 0 Å². The van der Waals surface area contributed by atoms with Crippen LogP contribution in [-0.4, -0.2) is 19.1 Å². The maximum Gasteiger partial charge on any atom is 0.255 e. The van der Waals surface area contributed by atoms with Gasteiger partial charge in [-0.3, -0.25) is 14.3 Å². The molecule has 0 aliphatic carbocycles. The molecule has 0 amide bonds. The molecule has 5 rings (SSSR count). The first-order valence-electron chi connectivity index (χ1n) is 9.54. The molecule has 29 heavy (non-hydrogen) atoms. The normalized spacial score (nSPS) is 11.4. The fourth-order valence-corrected chi connectivity index (χ4v) is 3.80. The number of aromatic nitrogens is 4. The Hall–Kier alpha value is -3.73. The Balaban J connectivity index is 1.90. The van der Waals surface area contributed by atoms with E-state index in [-0.39, 0.29) is 5.56 Å². The number of hydrogen-bond donors (Lipinski definition) is 0. The van der Waals surface area contributed by atoms with E-state index in [0.717, 1.165) is 44.4 Å². The first-order chi connectivity index (χ1) is 14.0. The minimum atomic E-state index is -0.0579. The summed E-state index contributed by atoms with van der Waals surface area (Å²) in [4.78, 5) is 21.8. The summed E-state index contributed by atoms with van der Waals surface area (Å²) in [7, 11) is 0. The van der Waals surface area contributed by atoms with Crippen molar-refractivity contribution < 1.29 is 0 Å². The van der Waals surface area contributed by atoms with Gasteiger partial charge in [0.25, 0.3) is 5.56 Å². The second-order valence-electron chi connectivity index (χ2n) is 7.44. The topological polar surface area (TPSA) is 52.7 Å². The van der Waals surface area contributed by atoms with Crippen LogP contribution in [-0.2, 0) is 0 Å². The third-order valence-corrected chi connectivity index (χ3v) is 5.55. The largest absolute Gasteiger partial charge is 0.304 e. The van der Waals surface area contributed by atoms with E-state index in [1.54, 1.807) is 17.0 Å². The predicted octanol–water partition coefficient (Wildman–Crippen LogP) is 4.65. The summed E-state index contributed by atoms with van der Waals surface area (Å²) in [5.74, 6) is 0. The van der Waals surface area contributed by atoms with Gasteiger partial charge in [0, 0.05) is 46.3 Å². The molecule has 3 heterocycles. The predicted molar refractivity (Wildman–Crippen MR) is 116 cm³/mol. The highest BCUT2D eigenvalue weighted by Gasteiger charge is 2.12. The van der Waals surface area contributed by atoms with Crippen molar-refractivity contribution in [1.82, 2.24) is 19.1 Å². The lowest BCUT2D eigenvalue weighted by molar-refractivity contribution is 1.01. The molecular weight excluding hydrogens is 360 g/mol. The summed E-state index contributed by atoms with van der Waals surface area (Å²) >= 11 is 0. The summed E-state index contributed by atoms with van der Waals surface area (Å²) in [6, 6.07) is 15.7. The van der Waals surface area contributed by atoms with Crippen molar-refractivity contribution in [3.05, 3.63) is 94.4 Å². The summed E-state index contributed by atoms with van der Waals surface area (Å²) in [5.41, 5.74) is 6.91. The average molecular weight is 380 g/mol. The van der Waals surface area contributed by atoms with Gasteiger partial charge in [-0.05, 0) is 68.3 Å². The molecule has 142 valence electrons. The van der Waals surface area contributed by atoms with Gasteiger partial charge in [0.2, 0.25) is 0 Å². The molecule has 0 bridgehead atoms. The molecular formula is C24H20N4O. The highest BCUT2D eigenvalue weighted by Crippen LogP contribution is 2.27. The molecule has 3 aromatic heterocycles. The Morgan fingerprint density at radius 2 is 1.66 bits per heavy atom. The summed E-state index contributed by atoms with van der Waals surface area (Å²) in [6.45, 7) is 6.15. The fourth-order valence-electron chi connectivity index (χ4n) is 3.80. The van der Waals surface area contributed by atoms with Gasteiger partial charge in [-0.15, -0.1) is 0 Å². The molecule has 0 atom stereocenters. The Labute approximate surface area is 167 Å². The van der Waals surface area contributed by atoms with E-state index in [2.05, 4.69) is 42.0 Å². The molecule has 0 saturated heterocycles. The molecule has 0 saturated carbocycles. The van der Waals surface area contributed by atoms with Crippen molar-refractivity contribution in [2.45, 2.75) is 20.8 Å². The number of hydrogen-bond acceptors (Lipinski definition) is 3. The zero-order valence-electron chi connectivity index (χ0n) is 16.5. The molecule has 0 unspecified atom stereocenters. The second-order valence-corrected chi connectivity index (χ2v) is 7.44. The van der Waals surface area contributed by atoms with E-state index in [4.69, 9.17) is 0 Å². The molecule has 5 heteroatoms. The van der Waals surface area contributed by atoms with E-state index < -0.39 is 0 Å². The van der Waals surface area contributed by atoms with Crippen molar-refractivity contribution >= 4 is 21.8 Å². The lowest BCUT2D eigenvalue weighted by Gasteiger charge is -2.15. The van der Waals surface area contributed by atoms with Crippen molar-refractivity contribution in [3.8, 4) is 11.4 Å². The number of fused-ring (bicyclic) bond motifs is 3. The first-order valence-corrected chi connectivity index (χ1v) is 9.54. The van der Waals surface area contributed by atoms with Crippen LogP contribution in [0.2, 0.25) is 0 Å². The quantitative estimate of drug-likeness (QED) is 0.419. The molecule has 0 spiro atoms. The third-order valence-electron chi connectivity index (χ3n) is 5.55. The third kappa shape index (κ3) is 2.74. The van der Waals surface area contributed by atoms with Crippen LogP contribution in [0.4, 0.5) is 0 Å². The highest BCUT2D eigenvalue weighted by molar-refractivity contribution is 6.04. The van der Waals surface area contributed by atoms with Crippen LogP contribution in [0.3, 0.4) is 0 Å². The fraction of sp³-hybridized carbons (Fsp3) is 0.125. The summed E-state index contributed by atoms with van der Waals surface area (Å²) in [5, 5.41) is 1.86. The summed E-state index contributed by atoms with van der Waals surface area (Å²) in [6.07, 6.45) is 5.46. The molecule has 0 aliphatic rings. The van der Waals surface area contributed by atoms with Crippen molar-refractivity contribution in [2.75, 3.05) is 0 Å². The van der Waals surface area contributed by atoms with Crippen LogP contribution in [0, 0.1) is 20.8 Å². The van der Waals surface area contributed by atoms with E-state index in [1.807, 2.05) is 48.1 Å². The zero-order chi connectivity index (χ0) is 20.1. The zero-order valence-corrected chi connectivity index (χ0v) is 16.5. The number of benzene rings is 2. The van der Waals surface area contributed by atoms with Gasteiger partial charge < -0.3 is 4.57 Å². The average Bonchev–Trinajstić information content (AvgIpc) is 3.15. The molecule has 0 N–H and O–H groups in total. The number of nitrogens with zero attached hydrogens (tertiary/aromatic N) is 4.